The fourth-order valence-corrected chi connectivity index (χ4v) is 2.89. The van der Waals surface area contributed by atoms with E-state index in [0.29, 0.717) is 36.8 Å². The number of carbonyl (C=O) groups is 2. The summed E-state index contributed by atoms with van der Waals surface area (Å²) in [5.74, 6) is 0.374. The number of rotatable bonds is 9. The van der Waals surface area contributed by atoms with Gasteiger partial charge in [-0.15, -0.1) is 0 Å². The quantitative estimate of drug-likeness (QED) is 0.655. The highest BCUT2D eigenvalue weighted by Crippen LogP contribution is 2.27. The largest absolute Gasteiger partial charge is 0.492 e. The molecule has 0 spiro atoms. The first-order valence-electron chi connectivity index (χ1n) is 9.21. The van der Waals surface area contributed by atoms with Gasteiger partial charge >= 0.3 is 0 Å². The van der Waals surface area contributed by atoms with Crippen LogP contribution in [0.2, 0.25) is 0 Å². The van der Waals surface area contributed by atoms with Crippen molar-refractivity contribution in [3.63, 3.8) is 0 Å². The predicted octanol–water partition coefficient (Wildman–Crippen LogP) is 1.89. The smallest absolute Gasteiger partial charge is 0.253 e. The number of piperidine rings is 1. The third-order valence-corrected chi connectivity index (χ3v) is 4.21. The predicted molar refractivity (Wildman–Crippen MR) is 101 cm³/mol. The highest BCUT2D eigenvalue weighted by Gasteiger charge is 2.20. The fourth-order valence-electron chi connectivity index (χ4n) is 2.89. The molecule has 2 rings (SSSR count). The van der Waals surface area contributed by atoms with E-state index in [0.717, 1.165) is 25.9 Å². The van der Waals surface area contributed by atoms with Crippen molar-refractivity contribution >= 4 is 17.5 Å². The molecule has 1 aromatic carbocycles. The van der Waals surface area contributed by atoms with E-state index in [1.807, 2.05) is 11.8 Å². The number of methoxy groups -OCH3 is 1. The number of likely N-dealkylation sites (tertiary alicyclic amines) is 1. The zero-order valence-corrected chi connectivity index (χ0v) is 15.7. The molecule has 0 atom stereocenters. The van der Waals surface area contributed by atoms with E-state index in [1.54, 1.807) is 25.3 Å². The van der Waals surface area contributed by atoms with Crippen LogP contribution >= 0.6 is 0 Å². The van der Waals surface area contributed by atoms with Crippen LogP contribution in [0.25, 0.3) is 0 Å². The van der Waals surface area contributed by atoms with Crippen molar-refractivity contribution in [1.29, 1.82) is 0 Å². The maximum absolute atomic E-state index is 12.7. The van der Waals surface area contributed by atoms with E-state index >= 15 is 0 Å². The van der Waals surface area contributed by atoms with Gasteiger partial charge in [-0.25, -0.2) is 0 Å². The fraction of sp³-hybridized carbons (Fsp3) is 0.579. The average Bonchev–Trinajstić information content (AvgIpc) is 2.67. The second kappa shape index (κ2) is 10.8. The summed E-state index contributed by atoms with van der Waals surface area (Å²) in [5, 5.41) is 5.83. The number of ether oxygens (including phenoxy) is 2. The molecule has 26 heavy (non-hydrogen) atoms. The molecule has 0 aromatic heterocycles. The molecule has 2 N–H and O–H groups in total. The van der Waals surface area contributed by atoms with Gasteiger partial charge in [0.2, 0.25) is 5.91 Å². The maximum Gasteiger partial charge on any atom is 0.253 e. The molecule has 0 radical (unpaired) electrons. The van der Waals surface area contributed by atoms with Crippen molar-refractivity contribution in [3.8, 4) is 5.75 Å². The van der Waals surface area contributed by atoms with Gasteiger partial charge in [-0.2, -0.15) is 0 Å². The number of amides is 2. The molecule has 7 heteroatoms. The molecule has 7 nitrogen and oxygen atoms in total. The molecule has 1 aromatic rings. The normalized spacial score (nSPS) is 14.2. The van der Waals surface area contributed by atoms with Crippen molar-refractivity contribution in [1.82, 2.24) is 10.2 Å². The van der Waals surface area contributed by atoms with E-state index in [-0.39, 0.29) is 18.4 Å². The van der Waals surface area contributed by atoms with Gasteiger partial charge in [0.1, 0.15) is 5.75 Å². The first-order chi connectivity index (χ1) is 12.7. The molecule has 2 amide bonds. The number of hydrogen-bond acceptors (Lipinski definition) is 5. The summed E-state index contributed by atoms with van der Waals surface area (Å²) in [6.07, 6.45) is 3.25. The van der Waals surface area contributed by atoms with Crippen molar-refractivity contribution < 1.29 is 19.1 Å². The zero-order valence-electron chi connectivity index (χ0n) is 15.7. The number of nitrogens with one attached hydrogen (secondary N) is 2. The Morgan fingerprint density at radius 1 is 1.19 bits per heavy atom. The Morgan fingerprint density at radius 3 is 2.65 bits per heavy atom. The van der Waals surface area contributed by atoms with E-state index in [2.05, 4.69) is 10.6 Å². The molecule has 0 saturated carbocycles. The molecule has 1 aliphatic heterocycles. The van der Waals surface area contributed by atoms with E-state index < -0.39 is 0 Å². The highest BCUT2D eigenvalue weighted by molar-refractivity contribution is 5.98. The van der Waals surface area contributed by atoms with Gasteiger partial charge in [0, 0.05) is 32.3 Å². The summed E-state index contributed by atoms with van der Waals surface area (Å²) in [7, 11) is 1.61. The Bertz CT molecular complexity index is 600. The van der Waals surface area contributed by atoms with Crippen molar-refractivity contribution in [2.45, 2.75) is 26.2 Å². The van der Waals surface area contributed by atoms with Crippen LogP contribution in [0.15, 0.2) is 18.2 Å². The molecular formula is C19H29N3O4. The molecule has 1 heterocycles. The third kappa shape index (κ3) is 6.00. The van der Waals surface area contributed by atoms with Gasteiger partial charge in [0.25, 0.3) is 5.91 Å². The SMILES string of the molecule is CCOc1ccc(C(=O)N2CCCCC2)cc1NC(=O)CNCCOC. The van der Waals surface area contributed by atoms with Gasteiger partial charge in [0.05, 0.1) is 25.4 Å². The Balaban J connectivity index is 2.06. The number of nitrogens with zero attached hydrogens (tertiary/aromatic N) is 1. The van der Waals surface area contributed by atoms with E-state index in [4.69, 9.17) is 9.47 Å². The number of hydrogen-bond donors (Lipinski definition) is 2. The van der Waals surface area contributed by atoms with Crippen molar-refractivity contribution in [2.24, 2.45) is 0 Å². The summed E-state index contributed by atoms with van der Waals surface area (Å²) in [4.78, 5) is 26.7. The van der Waals surface area contributed by atoms with Crippen molar-refractivity contribution in [2.75, 3.05) is 51.8 Å². The van der Waals surface area contributed by atoms with Crippen LogP contribution in [0.5, 0.6) is 5.75 Å². The molecule has 0 bridgehead atoms. The lowest BCUT2D eigenvalue weighted by atomic mass is 10.1. The minimum absolute atomic E-state index is 0.00136. The van der Waals surface area contributed by atoms with Crippen LogP contribution in [0.3, 0.4) is 0 Å². The van der Waals surface area contributed by atoms with Gasteiger partial charge < -0.3 is 25.0 Å². The molecule has 1 fully saturated rings. The molecule has 144 valence electrons. The average molecular weight is 363 g/mol. The second-order valence-electron chi connectivity index (χ2n) is 6.21. The lowest BCUT2D eigenvalue weighted by Gasteiger charge is -2.27. The van der Waals surface area contributed by atoms with Crippen LogP contribution in [0, 0.1) is 0 Å². The summed E-state index contributed by atoms with van der Waals surface area (Å²) in [6.45, 7) is 5.24. The Kier molecular flexibility index (Phi) is 8.37. The first kappa shape index (κ1) is 20.2. The van der Waals surface area contributed by atoms with Crippen LogP contribution < -0.4 is 15.4 Å². The molecule has 1 saturated heterocycles. The van der Waals surface area contributed by atoms with Crippen LogP contribution in [-0.2, 0) is 9.53 Å². The summed E-state index contributed by atoms with van der Waals surface area (Å²) >= 11 is 0. The topological polar surface area (TPSA) is 79.9 Å². The Hall–Kier alpha value is -2.12. The molecular weight excluding hydrogens is 334 g/mol. The van der Waals surface area contributed by atoms with Crippen LogP contribution in [0.4, 0.5) is 5.69 Å². The number of carbonyl (C=O) groups excluding carboxylic acids is 2. The zero-order chi connectivity index (χ0) is 18.8. The minimum Gasteiger partial charge on any atom is -0.492 e. The number of benzene rings is 1. The lowest BCUT2D eigenvalue weighted by molar-refractivity contribution is -0.115. The maximum atomic E-state index is 12.7. The standard InChI is InChI=1S/C19H29N3O4/c1-3-26-17-8-7-15(19(24)22-10-5-4-6-11-22)13-16(17)21-18(23)14-20-9-12-25-2/h7-8,13,20H,3-6,9-12,14H2,1-2H3,(H,21,23). The summed E-state index contributed by atoms with van der Waals surface area (Å²) in [6, 6.07) is 5.21. The van der Waals surface area contributed by atoms with Crippen LogP contribution in [0.1, 0.15) is 36.5 Å². The number of anilines is 1. The Labute approximate surface area is 155 Å². The monoisotopic (exact) mass is 363 g/mol. The van der Waals surface area contributed by atoms with Gasteiger partial charge in [0.15, 0.2) is 0 Å². The minimum atomic E-state index is -0.190. The molecule has 1 aliphatic rings. The lowest BCUT2D eigenvalue weighted by Crippen LogP contribution is -2.35. The third-order valence-electron chi connectivity index (χ3n) is 4.21. The van der Waals surface area contributed by atoms with Gasteiger partial charge in [-0.3, -0.25) is 9.59 Å². The summed E-state index contributed by atoms with van der Waals surface area (Å²) < 4.78 is 10.5. The molecule has 0 aliphatic carbocycles. The van der Waals surface area contributed by atoms with E-state index in [1.165, 1.54) is 6.42 Å². The van der Waals surface area contributed by atoms with Gasteiger partial charge in [-0.1, -0.05) is 0 Å². The van der Waals surface area contributed by atoms with E-state index in [9.17, 15) is 9.59 Å². The van der Waals surface area contributed by atoms with Gasteiger partial charge in [-0.05, 0) is 44.4 Å². The first-order valence-corrected chi connectivity index (χ1v) is 9.21. The Morgan fingerprint density at radius 2 is 1.96 bits per heavy atom. The highest BCUT2D eigenvalue weighted by atomic mass is 16.5. The second-order valence-corrected chi connectivity index (χ2v) is 6.21. The summed E-state index contributed by atoms with van der Waals surface area (Å²) in [5.41, 5.74) is 1.09. The van der Waals surface area contributed by atoms with Crippen molar-refractivity contribution in [3.05, 3.63) is 23.8 Å². The molecule has 0 unspecified atom stereocenters. The van der Waals surface area contributed by atoms with Crippen LogP contribution in [-0.4, -0.2) is 63.2 Å².